The zero-order valence-corrected chi connectivity index (χ0v) is 10.7. The molecule has 0 saturated carbocycles. The summed E-state index contributed by atoms with van der Waals surface area (Å²) >= 11 is 0. The van der Waals surface area contributed by atoms with Gasteiger partial charge in [-0.25, -0.2) is 0 Å². The van der Waals surface area contributed by atoms with Crippen molar-refractivity contribution in [3.8, 4) is 0 Å². The first kappa shape index (κ1) is 13.2. The van der Waals surface area contributed by atoms with Gasteiger partial charge in [0, 0.05) is 18.8 Å². The molecule has 0 radical (unpaired) electrons. The van der Waals surface area contributed by atoms with E-state index < -0.39 is 11.7 Å². The van der Waals surface area contributed by atoms with Gasteiger partial charge in [0.2, 0.25) is 0 Å². The van der Waals surface area contributed by atoms with Gasteiger partial charge in [-0.1, -0.05) is 13.8 Å². The fraction of sp³-hybridized carbons (Fsp3) is 0.571. The summed E-state index contributed by atoms with van der Waals surface area (Å²) < 4.78 is 38.2. The highest BCUT2D eigenvalue weighted by Gasteiger charge is 2.31. The molecule has 4 heteroatoms. The lowest BCUT2D eigenvalue weighted by molar-refractivity contribution is -0.137. The van der Waals surface area contributed by atoms with Crippen LogP contribution in [0.2, 0.25) is 0 Å². The van der Waals surface area contributed by atoms with Crippen LogP contribution in [0.1, 0.15) is 43.7 Å². The molecular formula is C14H18F3N. The first-order valence-corrected chi connectivity index (χ1v) is 6.35. The minimum absolute atomic E-state index is 0.0999. The van der Waals surface area contributed by atoms with E-state index in [1.165, 1.54) is 12.1 Å². The van der Waals surface area contributed by atoms with Crippen molar-refractivity contribution in [3.63, 3.8) is 0 Å². The third-order valence-corrected chi connectivity index (χ3v) is 3.42. The Labute approximate surface area is 106 Å². The van der Waals surface area contributed by atoms with E-state index in [2.05, 4.69) is 4.90 Å². The fourth-order valence-electron chi connectivity index (χ4n) is 2.44. The van der Waals surface area contributed by atoms with Gasteiger partial charge >= 0.3 is 6.18 Å². The summed E-state index contributed by atoms with van der Waals surface area (Å²) in [5.41, 5.74) is 1.22. The van der Waals surface area contributed by atoms with Crippen LogP contribution in [-0.2, 0) is 6.18 Å². The monoisotopic (exact) mass is 257 g/mol. The third-order valence-electron chi connectivity index (χ3n) is 3.42. The van der Waals surface area contributed by atoms with Crippen LogP contribution in [-0.4, -0.2) is 13.1 Å². The van der Waals surface area contributed by atoms with Gasteiger partial charge in [0.25, 0.3) is 0 Å². The molecule has 0 aromatic heterocycles. The van der Waals surface area contributed by atoms with Crippen molar-refractivity contribution < 1.29 is 13.2 Å². The maximum Gasteiger partial charge on any atom is 0.416 e. The highest BCUT2D eigenvalue weighted by atomic mass is 19.4. The van der Waals surface area contributed by atoms with Crippen LogP contribution in [0.15, 0.2) is 18.2 Å². The highest BCUT2D eigenvalue weighted by Crippen LogP contribution is 2.36. The Morgan fingerprint density at radius 2 is 1.72 bits per heavy atom. The van der Waals surface area contributed by atoms with Crippen LogP contribution >= 0.6 is 0 Å². The van der Waals surface area contributed by atoms with E-state index >= 15 is 0 Å². The Morgan fingerprint density at radius 3 is 2.22 bits per heavy atom. The van der Waals surface area contributed by atoms with Crippen molar-refractivity contribution in [2.24, 2.45) is 0 Å². The van der Waals surface area contributed by atoms with Gasteiger partial charge in [0.15, 0.2) is 0 Å². The molecule has 1 fully saturated rings. The number of nitrogens with zero attached hydrogens (tertiary/aromatic N) is 1. The minimum atomic E-state index is -4.26. The zero-order valence-electron chi connectivity index (χ0n) is 10.7. The summed E-state index contributed by atoms with van der Waals surface area (Å²) in [4.78, 5) is 2.19. The molecule has 1 aromatic carbocycles. The Bertz CT molecular complexity index is 418. The molecule has 1 aliphatic rings. The average molecular weight is 257 g/mol. The first-order valence-electron chi connectivity index (χ1n) is 6.35. The normalized spacial score (nSPS) is 16.7. The first-order chi connectivity index (χ1) is 8.39. The largest absolute Gasteiger partial charge is 0.416 e. The molecule has 100 valence electrons. The van der Waals surface area contributed by atoms with Crippen LogP contribution in [0.3, 0.4) is 0 Å². The van der Waals surface area contributed by atoms with Crippen LogP contribution < -0.4 is 4.90 Å². The summed E-state index contributed by atoms with van der Waals surface area (Å²) in [6.07, 6.45) is -2.01. The molecule has 1 heterocycles. The van der Waals surface area contributed by atoms with Crippen LogP contribution in [0.5, 0.6) is 0 Å². The minimum Gasteiger partial charge on any atom is -0.371 e. The summed E-state index contributed by atoms with van der Waals surface area (Å²) in [6.45, 7) is 5.78. The number of alkyl halides is 3. The molecule has 18 heavy (non-hydrogen) atoms. The van der Waals surface area contributed by atoms with Crippen molar-refractivity contribution in [3.05, 3.63) is 29.3 Å². The highest BCUT2D eigenvalue weighted by molar-refractivity contribution is 5.57. The fourth-order valence-corrected chi connectivity index (χ4v) is 2.44. The molecule has 1 aliphatic heterocycles. The van der Waals surface area contributed by atoms with E-state index in [1.807, 2.05) is 13.8 Å². The Balaban J connectivity index is 2.41. The standard InChI is InChI=1S/C14H18F3N/c1-10(2)12-9-11(14(15,16)17)5-6-13(12)18-7-3-4-8-18/h5-6,9-10H,3-4,7-8H2,1-2H3. The van der Waals surface area contributed by atoms with Crippen LogP contribution in [0, 0.1) is 0 Å². The van der Waals surface area contributed by atoms with E-state index in [4.69, 9.17) is 0 Å². The molecule has 1 aromatic rings. The summed E-state index contributed by atoms with van der Waals surface area (Å²) in [5.74, 6) is 0.0999. The third kappa shape index (κ3) is 2.62. The predicted molar refractivity (Wildman–Crippen MR) is 67.0 cm³/mol. The quantitative estimate of drug-likeness (QED) is 0.757. The lowest BCUT2D eigenvalue weighted by Crippen LogP contribution is -2.20. The molecule has 1 saturated heterocycles. The molecule has 0 amide bonds. The van der Waals surface area contributed by atoms with Crippen molar-refractivity contribution in [1.82, 2.24) is 0 Å². The number of rotatable bonds is 2. The lowest BCUT2D eigenvalue weighted by Gasteiger charge is -2.24. The van der Waals surface area contributed by atoms with Gasteiger partial charge in [-0.3, -0.25) is 0 Å². The van der Waals surface area contributed by atoms with Crippen molar-refractivity contribution in [1.29, 1.82) is 0 Å². The summed E-state index contributed by atoms with van der Waals surface area (Å²) in [7, 11) is 0. The maximum atomic E-state index is 12.7. The topological polar surface area (TPSA) is 3.24 Å². The molecule has 0 N–H and O–H groups in total. The summed E-state index contributed by atoms with van der Waals surface area (Å²) in [5, 5.41) is 0. The number of benzene rings is 1. The lowest BCUT2D eigenvalue weighted by atomic mass is 9.97. The number of halogens is 3. The SMILES string of the molecule is CC(C)c1cc(C(F)(F)F)ccc1N1CCCC1. The van der Waals surface area contributed by atoms with Gasteiger partial charge < -0.3 is 4.90 Å². The Kier molecular flexibility index (Phi) is 3.55. The second-order valence-electron chi connectivity index (χ2n) is 5.12. The maximum absolute atomic E-state index is 12.7. The average Bonchev–Trinajstić information content (AvgIpc) is 2.80. The van der Waals surface area contributed by atoms with Crippen molar-refractivity contribution in [2.45, 2.75) is 38.8 Å². The Morgan fingerprint density at radius 1 is 1.11 bits per heavy atom. The molecule has 0 bridgehead atoms. The number of anilines is 1. The van der Waals surface area contributed by atoms with E-state index in [-0.39, 0.29) is 5.92 Å². The number of hydrogen-bond donors (Lipinski definition) is 0. The predicted octanol–water partition coefficient (Wildman–Crippen LogP) is 4.43. The molecule has 1 nitrogen and oxygen atoms in total. The Hall–Kier alpha value is -1.19. The molecule has 0 atom stereocenters. The van der Waals surface area contributed by atoms with Crippen molar-refractivity contribution >= 4 is 5.69 Å². The van der Waals surface area contributed by atoms with E-state index in [9.17, 15) is 13.2 Å². The van der Waals surface area contributed by atoms with Crippen LogP contribution in [0.25, 0.3) is 0 Å². The van der Waals surface area contributed by atoms with Gasteiger partial charge in [-0.05, 0) is 42.5 Å². The molecular weight excluding hydrogens is 239 g/mol. The molecule has 0 unspecified atom stereocenters. The van der Waals surface area contributed by atoms with E-state index in [0.29, 0.717) is 0 Å². The van der Waals surface area contributed by atoms with Crippen LogP contribution in [0.4, 0.5) is 18.9 Å². The van der Waals surface area contributed by atoms with E-state index in [1.54, 1.807) is 6.07 Å². The second kappa shape index (κ2) is 4.82. The number of hydrogen-bond acceptors (Lipinski definition) is 1. The van der Waals surface area contributed by atoms with Crippen molar-refractivity contribution in [2.75, 3.05) is 18.0 Å². The smallest absolute Gasteiger partial charge is 0.371 e. The summed E-state index contributed by atoms with van der Waals surface area (Å²) in [6, 6.07) is 4.13. The van der Waals surface area contributed by atoms with Gasteiger partial charge in [-0.15, -0.1) is 0 Å². The second-order valence-corrected chi connectivity index (χ2v) is 5.12. The molecule has 0 spiro atoms. The van der Waals surface area contributed by atoms with Gasteiger partial charge in [-0.2, -0.15) is 13.2 Å². The zero-order chi connectivity index (χ0) is 13.3. The molecule has 2 rings (SSSR count). The van der Waals surface area contributed by atoms with Gasteiger partial charge in [0.05, 0.1) is 5.56 Å². The van der Waals surface area contributed by atoms with Gasteiger partial charge in [0.1, 0.15) is 0 Å². The molecule has 0 aliphatic carbocycles. The van der Waals surface area contributed by atoms with E-state index in [0.717, 1.165) is 37.2 Å².